The molecule has 2 saturated heterocycles. The van der Waals surface area contributed by atoms with Gasteiger partial charge >= 0.3 is 5.97 Å². The number of nitrogens with zero attached hydrogens (tertiary/aromatic N) is 3. The SMILES string of the molecule is C[C@@]1(c2ccc(Cl)cc2F)Oc2cccc(C3CCN(Cc4nc5sc(C(=O)O)c(F)c5n4C[C@@H]4CCO4)CC3)c2O1. The number of para-hydroxylation sites is 1. The third-order valence-electron chi connectivity index (χ3n) is 8.42. The number of imidazole rings is 1. The van der Waals surface area contributed by atoms with E-state index < -0.39 is 23.4 Å². The Balaban J connectivity index is 1.08. The van der Waals surface area contributed by atoms with Crippen LogP contribution in [0.1, 0.15) is 58.7 Å². The van der Waals surface area contributed by atoms with E-state index in [4.69, 9.17) is 25.8 Å². The summed E-state index contributed by atoms with van der Waals surface area (Å²) < 4.78 is 49.8. The number of piperidine rings is 1. The second kappa shape index (κ2) is 10.5. The lowest BCUT2D eigenvalue weighted by atomic mass is 9.88. The van der Waals surface area contributed by atoms with Crippen molar-refractivity contribution in [1.29, 1.82) is 0 Å². The van der Waals surface area contributed by atoms with E-state index >= 15 is 4.39 Å². The van der Waals surface area contributed by atoms with Gasteiger partial charge in [0.2, 0.25) is 0 Å². The second-order valence-corrected chi connectivity index (χ2v) is 12.6. The first kappa shape index (κ1) is 27.6. The van der Waals surface area contributed by atoms with Crippen molar-refractivity contribution in [1.82, 2.24) is 14.5 Å². The molecule has 0 amide bonds. The van der Waals surface area contributed by atoms with Crippen molar-refractivity contribution in [3.63, 3.8) is 0 Å². The normalized spacial score (nSPS) is 22.5. The van der Waals surface area contributed by atoms with Gasteiger partial charge in [-0.25, -0.2) is 18.6 Å². The zero-order valence-corrected chi connectivity index (χ0v) is 24.3. The van der Waals surface area contributed by atoms with Gasteiger partial charge in [0.25, 0.3) is 5.79 Å². The summed E-state index contributed by atoms with van der Waals surface area (Å²) in [6, 6.07) is 10.3. The third-order valence-corrected chi connectivity index (χ3v) is 9.69. The molecule has 5 heterocycles. The van der Waals surface area contributed by atoms with E-state index in [9.17, 15) is 14.3 Å². The van der Waals surface area contributed by atoms with Crippen molar-refractivity contribution in [3.8, 4) is 11.5 Å². The fourth-order valence-electron chi connectivity index (χ4n) is 6.13. The number of rotatable bonds is 7. The van der Waals surface area contributed by atoms with E-state index in [0.29, 0.717) is 46.9 Å². The first-order chi connectivity index (χ1) is 20.2. The summed E-state index contributed by atoms with van der Waals surface area (Å²) in [5.41, 5.74) is 1.55. The van der Waals surface area contributed by atoms with E-state index in [1.54, 1.807) is 23.6 Å². The molecule has 0 unspecified atom stereocenters. The number of halogens is 3. The number of thiophene rings is 1. The monoisotopic (exact) mass is 615 g/mol. The molecule has 0 bridgehead atoms. The number of hydrogen-bond donors (Lipinski definition) is 1. The van der Waals surface area contributed by atoms with Crippen LogP contribution >= 0.6 is 22.9 Å². The highest BCUT2D eigenvalue weighted by Crippen LogP contribution is 2.50. The van der Waals surface area contributed by atoms with Crippen LogP contribution in [-0.4, -0.2) is 51.3 Å². The van der Waals surface area contributed by atoms with E-state index in [1.807, 2.05) is 18.2 Å². The molecule has 4 aromatic rings. The molecule has 7 rings (SSSR count). The molecule has 0 saturated carbocycles. The van der Waals surface area contributed by atoms with Crippen LogP contribution in [0.15, 0.2) is 36.4 Å². The van der Waals surface area contributed by atoms with Gasteiger partial charge in [-0.3, -0.25) is 4.90 Å². The molecule has 0 spiro atoms. The number of carboxylic acid groups (broad SMARTS) is 1. The third kappa shape index (κ3) is 4.72. The Morgan fingerprint density at radius 1 is 1.19 bits per heavy atom. The maximum atomic E-state index is 15.1. The van der Waals surface area contributed by atoms with Crippen LogP contribution in [-0.2, 0) is 23.6 Å². The highest BCUT2D eigenvalue weighted by atomic mass is 35.5. The number of likely N-dealkylation sites (tertiary alicyclic amines) is 1. The van der Waals surface area contributed by atoms with Gasteiger partial charge in [0.1, 0.15) is 22.0 Å². The molecule has 0 aliphatic carbocycles. The van der Waals surface area contributed by atoms with Crippen LogP contribution in [0.5, 0.6) is 11.5 Å². The molecule has 3 aliphatic rings. The number of carbonyl (C=O) groups is 1. The van der Waals surface area contributed by atoms with Crippen molar-refractivity contribution >= 4 is 39.3 Å². The predicted octanol–water partition coefficient (Wildman–Crippen LogP) is 6.54. The van der Waals surface area contributed by atoms with Crippen LogP contribution < -0.4 is 9.47 Å². The maximum Gasteiger partial charge on any atom is 0.349 e. The quantitative estimate of drug-likeness (QED) is 0.253. The van der Waals surface area contributed by atoms with Crippen molar-refractivity contribution in [2.45, 2.75) is 57.1 Å². The van der Waals surface area contributed by atoms with E-state index in [2.05, 4.69) is 9.88 Å². The molecule has 2 aromatic heterocycles. The molecule has 220 valence electrons. The molecule has 2 fully saturated rings. The smallest absolute Gasteiger partial charge is 0.349 e. The number of aromatic carboxylic acids is 1. The summed E-state index contributed by atoms with van der Waals surface area (Å²) in [4.78, 5) is 18.5. The zero-order chi connectivity index (χ0) is 29.2. The molecular formula is C30H28ClF2N3O5S. The Morgan fingerprint density at radius 2 is 1.98 bits per heavy atom. The first-order valence-corrected chi connectivity index (χ1v) is 15.1. The summed E-state index contributed by atoms with van der Waals surface area (Å²) in [6.07, 6.45) is 2.54. The minimum absolute atomic E-state index is 0.0334. The topological polar surface area (TPSA) is 86.1 Å². The van der Waals surface area contributed by atoms with Crippen molar-refractivity contribution in [3.05, 3.63) is 74.9 Å². The molecule has 1 N–H and O–H groups in total. The molecule has 0 radical (unpaired) electrons. The lowest BCUT2D eigenvalue weighted by molar-refractivity contribution is -0.0712. The number of ether oxygens (including phenoxy) is 3. The summed E-state index contributed by atoms with van der Waals surface area (Å²) in [7, 11) is 0. The van der Waals surface area contributed by atoms with Gasteiger partial charge in [-0.1, -0.05) is 23.7 Å². The maximum absolute atomic E-state index is 15.1. The van der Waals surface area contributed by atoms with Crippen LogP contribution in [0.25, 0.3) is 10.3 Å². The Morgan fingerprint density at radius 3 is 2.67 bits per heavy atom. The molecule has 3 aliphatic heterocycles. The number of fused-ring (bicyclic) bond motifs is 2. The Kier molecular flexibility index (Phi) is 6.88. The first-order valence-electron chi connectivity index (χ1n) is 13.9. The summed E-state index contributed by atoms with van der Waals surface area (Å²) in [5, 5.41) is 9.70. The molecule has 2 atom stereocenters. The van der Waals surface area contributed by atoms with Crippen LogP contribution in [0.4, 0.5) is 8.78 Å². The Hall–Kier alpha value is -3.25. The molecule has 8 nitrogen and oxygen atoms in total. The van der Waals surface area contributed by atoms with Crippen molar-refractivity contribution in [2.24, 2.45) is 0 Å². The van der Waals surface area contributed by atoms with Crippen molar-refractivity contribution < 1.29 is 32.9 Å². The minimum Gasteiger partial charge on any atom is -0.477 e. The number of aromatic nitrogens is 2. The van der Waals surface area contributed by atoms with Gasteiger partial charge in [0.15, 0.2) is 22.2 Å². The minimum atomic E-state index is -1.31. The van der Waals surface area contributed by atoms with Gasteiger partial charge in [-0.05, 0) is 62.5 Å². The van der Waals surface area contributed by atoms with Crippen LogP contribution in [0.3, 0.4) is 0 Å². The Labute approximate surface area is 249 Å². The van der Waals surface area contributed by atoms with Crippen LogP contribution in [0, 0.1) is 11.6 Å². The van der Waals surface area contributed by atoms with E-state index in [1.165, 1.54) is 6.07 Å². The van der Waals surface area contributed by atoms with Gasteiger partial charge < -0.3 is 23.9 Å². The molecule has 42 heavy (non-hydrogen) atoms. The standard InChI is InChI=1S/C30H28ClF2N3O5S/c1-30(20-6-5-17(31)13-21(20)32)40-22-4-2-3-19(26(22)41-30)16-7-10-35(11-8-16)15-23-34-28-25(24(33)27(42-28)29(37)38)36(23)14-18-9-12-39-18/h2-6,13,16,18H,7-12,14-15H2,1H3,(H,37,38)/t18-,30+/m0/s1. The fraction of sp³-hybridized carbons (Fsp3) is 0.400. The van der Waals surface area contributed by atoms with Gasteiger partial charge in [-0.15, -0.1) is 11.3 Å². The predicted molar refractivity (Wildman–Crippen MR) is 153 cm³/mol. The largest absolute Gasteiger partial charge is 0.477 e. The summed E-state index contributed by atoms with van der Waals surface area (Å²) in [5.74, 6) is -1.69. The molecular weight excluding hydrogens is 588 g/mol. The molecule has 2 aromatic carbocycles. The highest BCUT2D eigenvalue weighted by molar-refractivity contribution is 7.20. The zero-order valence-electron chi connectivity index (χ0n) is 22.7. The van der Waals surface area contributed by atoms with Gasteiger partial charge in [0.05, 0.1) is 24.8 Å². The van der Waals surface area contributed by atoms with E-state index in [-0.39, 0.29) is 28.0 Å². The molecule has 12 heteroatoms. The highest BCUT2D eigenvalue weighted by Gasteiger charge is 2.43. The lowest BCUT2D eigenvalue weighted by Gasteiger charge is -2.33. The number of carboxylic acids is 1. The van der Waals surface area contributed by atoms with Gasteiger partial charge in [0, 0.05) is 24.1 Å². The summed E-state index contributed by atoms with van der Waals surface area (Å²) >= 11 is 6.82. The fourth-order valence-corrected chi connectivity index (χ4v) is 7.21. The number of hydrogen-bond acceptors (Lipinski definition) is 7. The second-order valence-electron chi connectivity index (χ2n) is 11.1. The average molecular weight is 616 g/mol. The van der Waals surface area contributed by atoms with Gasteiger partial charge in [-0.2, -0.15) is 0 Å². The van der Waals surface area contributed by atoms with Crippen LogP contribution in [0.2, 0.25) is 5.02 Å². The Bertz CT molecular complexity index is 1700. The average Bonchev–Trinajstić information content (AvgIpc) is 3.56. The number of benzene rings is 2. The van der Waals surface area contributed by atoms with Crippen molar-refractivity contribution in [2.75, 3.05) is 19.7 Å². The lowest BCUT2D eigenvalue weighted by Crippen LogP contribution is -2.35. The van der Waals surface area contributed by atoms with E-state index in [0.717, 1.165) is 49.3 Å². The summed E-state index contributed by atoms with van der Waals surface area (Å²) in [6.45, 7) is 4.89.